The summed E-state index contributed by atoms with van der Waals surface area (Å²) in [6.07, 6.45) is -0.259. The quantitative estimate of drug-likeness (QED) is 0.592. The molecule has 2 aliphatic heterocycles. The van der Waals surface area contributed by atoms with E-state index in [0.717, 1.165) is 11.1 Å². The molecule has 3 atom stereocenters. The Labute approximate surface area is 198 Å². The van der Waals surface area contributed by atoms with Crippen LogP contribution in [0.15, 0.2) is 24.3 Å². The van der Waals surface area contributed by atoms with Gasteiger partial charge in [-0.1, -0.05) is 0 Å². The second-order valence-corrected chi connectivity index (χ2v) is 8.48. The largest absolute Gasteiger partial charge is 0.415 e. The Morgan fingerprint density at radius 2 is 2.03 bits per heavy atom. The van der Waals surface area contributed by atoms with Crippen LogP contribution < -0.4 is 10.5 Å². The van der Waals surface area contributed by atoms with E-state index < -0.39 is 30.4 Å². The van der Waals surface area contributed by atoms with Crippen LogP contribution >= 0.6 is 0 Å². The average molecular weight is 489 g/mol. The Hall–Kier alpha value is -3.51. The third-order valence-corrected chi connectivity index (χ3v) is 6.26. The van der Waals surface area contributed by atoms with E-state index in [2.05, 4.69) is 19.9 Å². The molecule has 0 spiro atoms. The van der Waals surface area contributed by atoms with Crippen LogP contribution in [0.1, 0.15) is 53.2 Å². The second kappa shape index (κ2) is 8.93. The first-order valence-electron chi connectivity index (χ1n) is 11.0. The Morgan fingerprint density at radius 3 is 2.74 bits per heavy atom. The predicted molar refractivity (Wildman–Crippen MR) is 117 cm³/mol. The van der Waals surface area contributed by atoms with Gasteiger partial charge in [-0.3, -0.25) is 4.79 Å². The number of halogens is 3. The Balaban J connectivity index is 1.53. The maximum absolute atomic E-state index is 15.2. The minimum absolute atomic E-state index is 0.0772. The summed E-state index contributed by atoms with van der Waals surface area (Å²) in [7, 11) is 0. The van der Waals surface area contributed by atoms with Crippen molar-refractivity contribution in [3.8, 4) is 5.88 Å². The number of pyridine rings is 1. The first-order chi connectivity index (χ1) is 16.7. The first kappa shape index (κ1) is 23.2. The monoisotopic (exact) mass is 489 g/mol. The number of amides is 1. The standard InChI is InChI=1S/C23H22F3N5O4/c1-10-7-33-9-18(16-3-4-19(30-29-16)35-23(25)26)31(10)22(32)13-5-12-14-8-34-11(2)20(14)21(27)28-17(12)6-15(13)24/h3-6,10-11,18,23H,7-9H2,1-2H3,(H2,27,28)/t10-,11-,18-/m1/s1. The van der Waals surface area contributed by atoms with Crippen molar-refractivity contribution in [3.63, 3.8) is 0 Å². The van der Waals surface area contributed by atoms with Crippen molar-refractivity contribution >= 4 is 22.6 Å². The van der Waals surface area contributed by atoms with Crippen LogP contribution in [0.25, 0.3) is 10.9 Å². The predicted octanol–water partition coefficient (Wildman–Crippen LogP) is 3.54. The molecule has 1 aromatic carbocycles. The van der Waals surface area contributed by atoms with E-state index in [1.807, 2.05) is 6.92 Å². The highest BCUT2D eigenvalue weighted by Gasteiger charge is 2.37. The first-order valence-corrected chi connectivity index (χ1v) is 11.0. The molecule has 0 unspecified atom stereocenters. The van der Waals surface area contributed by atoms with E-state index in [4.69, 9.17) is 15.2 Å². The highest BCUT2D eigenvalue weighted by molar-refractivity contribution is 6.00. The topological polar surface area (TPSA) is 113 Å². The number of carbonyl (C=O) groups is 1. The summed E-state index contributed by atoms with van der Waals surface area (Å²) in [5, 5.41) is 8.17. The number of fused-ring (bicyclic) bond motifs is 3. The number of aromatic nitrogens is 3. The zero-order valence-electron chi connectivity index (χ0n) is 18.9. The number of anilines is 1. The van der Waals surface area contributed by atoms with Gasteiger partial charge in [0.05, 0.1) is 54.8 Å². The zero-order valence-corrected chi connectivity index (χ0v) is 18.9. The molecule has 184 valence electrons. The van der Waals surface area contributed by atoms with Crippen molar-refractivity contribution in [2.45, 2.75) is 45.3 Å². The van der Waals surface area contributed by atoms with Gasteiger partial charge in [-0.25, -0.2) is 9.37 Å². The van der Waals surface area contributed by atoms with Crippen molar-refractivity contribution < 1.29 is 32.2 Å². The number of benzene rings is 1. The minimum atomic E-state index is -3.04. The lowest BCUT2D eigenvalue weighted by Gasteiger charge is -2.40. The summed E-state index contributed by atoms with van der Waals surface area (Å²) in [6.45, 7) is 1.16. The van der Waals surface area contributed by atoms with Crippen molar-refractivity contribution in [1.82, 2.24) is 20.1 Å². The normalized spacial score (nSPS) is 22.0. The van der Waals surface area contributed by atoms with Crippen molar-refractivity contribution in [2.24, 2.45) is 0 Å². The smallest absolute Gasteiger partial charge is 0.388 e. The van der Waals surface area contributed by atoms with Gasteiger partial charge in [0.15, 0.2) is 0 Å². The molecule has 12 heteroatoms. The number of alkyl halides is 2. The number of rotatable bonds is 4. The van der Waals surface area contributed by atoms with Gasteiger partial charge in [-0.15, -0.1) is 10.2 Å². The summed E-state index contributed by atoms with van der Waals surface area (Å²) in [5.74, 6) is -1.40. The van der Waals surface area contributed by atoms with Crippen molar-refractivity contribution in [1.29, 1.82) is 0 Å². The van der Waals surface area contributed by atoms with Crippen molar-refractivity contribution in [2.75, 3.05) is 18.9 Å². The number of nitrogens with two attached hydrogens (primary N) is 1. The molecule has 3 aromatic rings. The van der Waals surface area contributed by atoms with Gasteiger partial charge in [0.1, 0.15) is 11.6 Å². The molecule has 1 saturated heterocycles. The van der Waals surface area contributed by atoms with Gasteiger partial charge in [-0.05, 0) is 31.5 Å². The molecule has 5 rings (SSSR count). The molecule has 0 bridgehead atoms. The SMILES string of the molecule is C[C@@H]1COC[C@H](c2ccc(OC(F)F)nn2)N1C(=O)c1cc2c3c(c(N)nc2cc1F)[C@@H](C)OC3. The Morgan fingerprint density at radius 1 is 1.23 bits per heavy atom. The molecular weight excluding hydrogens is 467 g/mol. The Bertz CT molecular complexity index is 1290. The van der Waals surface area contributed by atoms with Crippen LogP contribution in [0, 0.1) is 5.82 Å². The maximum atomic E-state index is 15.2. The summed E-state index contributed by atoms with van der Waals surface area (Å²) in [6, 6.07) is 4.18. The van der Waals surface area contributed by atoms with Crippen LogP contribution in [0.3, 0.4) is 0 Å². The van der Waals surface area contributed by atoms with Crippen LogP contribution in [0.5, 0.6) is 5.88 Å². The number of ether oxygens (including phenoxy) is 3. The summed E-state index contributed by atoms with van der Waals surface area (Å²) in [5.41, 5.74) is 8.07. The molecule has 1 amide bonds. The van der Waals surface area contributed by atoms with E-state index in [1.165, 1.54) is 29.2 Å². The Kier molecular flexibility index (Phi) is 5.93. The summed E-state index contributed by atoms with van der Waals surface area (Å²) in [4.78, 5) is 19.5. The third-order valence-electron chi connectivity index (χ3n) is 6.26. The molecule has 0 aliphatic carbocycles. The highest BCUT2D eigenvalue weighted by Crippen LogP contribution is 2.39. The second-order valence-electron chi connectivity index (χ2n) is 8.48. The lowest BCUT2D eigenvalue weighted by Crippen LogP contribution is -2.49. The molecule has 9 nitrogen and oxygen atoms in total. The van der Waals surface area contributed by atoms with Crippen LogP contribution in [-0.4, -0.2) is 51.9 Å². The third kappa shape index (κ3) is 4.12. The van der Waals surface area contributed by atoms with Gasteiger partial charge in [0, 0.05) is 23.1 Å². The fourth-order valence-corrected chi connectivity index (χ4v) is 4.64. The molecule has 0 saturated carbocycles. The molecule has 35 heavy (non-hydrogen) atoms. The molecule has 0 radical (unpaired) electrons. The number of carbonyl (C=O) groups excluding carboxylic acids is 1. The van der Waals surface area contributed by atoms with E-state index in [1.54, 1.807) is 6.92 Å². The van der Waals surface area contributed by atoms with Crippen LogP contribution in [-0.2, 0) is 16.1 Å². The lowest BCUT2D eigenvalue weighted by molar-refractivity contribution is -0.0538. The average Bonchev–Trinajstić information content (AvgIpc) is 3.20. The molecule has 2 aliphatic rings. The van der Waals surface area contributed by atoms with Gasteiger partial charge in [-0.2, -0.15) is 8.78 Å². The molecule has 2 N–H and O–H groups in total. The number of hydrogen-bond acceptors (Lipinski definition) is 8. The fraction of sp³-hybridized carbons (Fsp3) is 0.391. The minimum Gasteiger partial charge on any atom is -0.415 e. The van der Waals surface area contributed by atoms with E-state index in [9.17, 15) is 13.6 Å². The van der Waals surface area contributed by atoms with E-state index in [-0.39, 0.29) is 43.2 Å². The number of nitrogen functional groups attached to an aromatic ring is 1. The zero-order chi connectivity index (χ0) is 24.9. The summed E-state index contributed by atoms with van der Waals surface area (Å²) < 4.78 is 55.6. The van der Waals surface area contributed by atoms with Gasteiger partial charge in [0.2, 0.25) is 5.88 Å². The van der Waals surface area contributed by atoms with Crippen LogP contribution in [0.2, 0.25) is 0 Å². The molecular formula is C23H22F3N5O4. The summed E-state index contributed by atoms with van der Waals surface area (Å²) >= 11 is 0. The van der Waals surface area contributed by atoms with E-state index >= 15 is 4.39 Å². The molecule has 1 fully saturated rings. The van der Waals surface area contributed by atoms with Gasteiger partial charge < -0.3 is 24.8 Å². The molecule has 4 heterocycles. The highest BCUT2D eigenvalue weighted by atomic mass is 19.3. The maximum Gasteiger partial charge on any atom is 0.388 e. The number of hydrogen-bond donors (Lipinski definition) is 1. The van der Waals surface area contributed by atoms with Crippen LogP contribution in [0.4, 0.5) is 19.0 Å². The number of nitrogens with zero attached hydrogens (tertiary/aromatic N) is 4. The van der Waals surface area contributed by atoms with E-state index in [0.29, 0.717) is 16.6 Å². The van der Waals surface area contributed by atoms with Gasteiger partial charge in [0.25, 0.3) is 5.91 Å². The van der Waals surface area contributed by atoms with Crippen molar-refractivity contribution in [3.05, 3.63) is 52.5 Å². The number of morpholine rings is 1. The fourth-order valence-electron chi connectivity index (χ4n) is 4.64. The molecule has 2 aromatic heterocycles. The van der Waals surface area contributed by atoms with Gasteiger partial charge >= 0.3 is 6.61 Å². The lowest BCUT2D eigenvalue weighted by atomic mass is 9.98.